The lowest BCUT2D eigenvalue weighted by Crippen LogP contribution is -2.19. The Labute approximate surface area is 184 Å². The van der Waals surface area contributed by atoms with Gasteiger partial charge in [-0.15, -0.1) is 11.8 Å². The molecule has 1 aromatic heterocycles. The summed E-state index contributed by atoms with van der Waals surface area (Å²) < 4.78 is 3.24. The Morgan fingerprint density at radius 2 is 1.90 bits per heavy atom. The van der Waals surface area contributed by atoms with Gasteiger partial charge in [0.15, 0.2) is 0 Å². The Morgan fingerprint density at radius 1 is 1.14 bits per heavy atom. The van der Waals surface area contributed by atoms with Crippen LogP contribution in [0.4, 0.5) is 0 Å². The quantitative estimate of drug-likeness (QED) is 0.364. The van der Waals surface area contributed by atoms with Gasteiger partial charge in [-0.3, -0.25) is 4.79 Å². The Hall–Kier alpha value is -2.31. The van der Waals surface area contributed by atoms with Crippen molar-refractivity contribution in [1.82, 2.24) is 9.99 Å². The summed E-state index contributed by atoms with van der Waals surface area (Å²) in [6.07, 6.45) is 1.71. The number of aryl methyl sites for hydroxylation is 2. The van der Waals surface area contributed by atoms with E-state index in [2.05, 4.69) is 94.3 Å². The Morgan fingerprint density at radius 3 is 2.62 bits per heavy atom. The Balaban J connectivity index is 1.55. The highest BCUT2D eigenvalue weighted by atomic mass is 79.9. The average molecular weight is 470 g/mol. The second-order valence-corrected chi connectivity index (χ2v) is 8.81. The first-order valence-corrected chi connectivity index (χ1v) is 11.3. The van der Waals surface area contributed by atoms with Gasteiger partial charge in [0.05, 0.1) is 12.0 Å². The molecule has 3 rings (SSSR count). The fraction of sp³-hybridized carbons (Fsp3) is 0.217. The molecular formula is C23H24BrN3OS. The van der Waals surface area contributed by atoms with E-state index in [4.69, 9.17) is 0 Å². The van der Waals surface area contributed by atoms with Gasteiger partial charge in [0.1, 0.15) is 0 Å². The molecule has 0 bridgehead atoms. The number of carbonyl (C=O) groups is 1. The summed E-state index contributed by atoms with van der Waals surface area (Å²) in [5.41, 5.74) is 9.38. The van der Waals surface area contributed by atoms with E-state index in [1.807, 2.05) is 12.1 Å². The van der Waals surface area contributed by atoms with Crippen molar-refractivity contribution in [2.24, 2.45) is 5.10 Å². The number of nitrogens with one attached hydrogen (secondary N) is 1. The predicted molar refractivity (Wildman–Crippen MR) is 126 cm³/mol. The minimum atomic E-state index is -0.103. The normalized spacial score (nSPS) is 11.2. The smallest absolute Gasteiger partial charge is 0.250 e. The number of amides is 1. The summed E-state index contributed by atoms with van der Waals surface area (Å²) in [6.45, 7) is 6.21. The Bertz CT molecular complexity index is 1030. The first-order chi connectivity index (χ1) is 13.9. The van der Waals surface area contributed by atoms with E-state index in [0.717, 1.165) is 32.9 Å². The van der Waals surface area contributed by atoms with Crippen LogP contribution >= 0.6 is 27.7 Å². The lowest BCUT2D eigenvalue weighted by atomic mass is 10.2. The zero-order chi connectivity index (χ0) is 20.8. The summed E-state index contributed by atoms with van der Waals surface area (Å²) in [7, 11) is 0. The molecule has 1 amide bonds. The van der Waals surface area contributed by atoms with Gasteiger partial charge in [-0.25, -0.2) is 5.43 Å². The van der Waals surface area contributed by atoms with Gasteiger partial charge in [0, 0.05) is 32.9 Å². The summed E-state index contributed by atoms with van der Waals surface area (Å²) in [5.74, 6) is 1.05. The largest absolute Gasteiger partial charge is 0.318 e. The van der Waals surface area contributed by atoms with Crippen molar-refractivity contribution in [1.29, 1.82) is 0 Å². The summed E-state index contributed by atoms with van der Waals surface area (Å²) in [4.78, 5) is 12.0. The molecule has 0 spiro atoms. The second kappa shape index (κ2) is 9.94. The number of hydrogen-bond acceptors (Lipinski definition) is 3. The van der Waals surface area contributed by atoms with Crippen molar-refractivity contribution in [3.63, 3.8) is 0 Å². The highest BCUT2D eigenvalue weighted by Crippen LogP contribution is 2.20. The van der Waals surface area contributed by atoms with Crippen molar-refractivity contribution in [2.45, 2.75) is 26.5 Å². The van der Waals surface area contributed by atoms with E-state index in [-0.39, 0.29) is 5.91 Å². The summed E-state index contributed by atoms with van der Waals surface area (Å²) >= 11 is 5.03. The number of nitrogens with zero attached hydrogens (tertiary/aromatic N) is 2. The number of hydrazone groups is 1. The summed E-state index contributed by atoms with van der Waals surface area (Å²) in [5, 5.41) is 4.15. The number of carbonyl (C=O) groups excluding carboxylic acids is 1. The van der Waals surface area contributed by atoms with Crippen LogP contribution in [0.15, 0.2) is 64.2 Å². The Kier molecular flexibility index (Phi) is 7.34. The van der Waals surface area contributed by atoms with E-state index >= 15 is 0 Å². The number of thioether (sulfide) groups is 1. The SMILES string of the molecule is Cc1ccc(-n2c(C)cc(/C=N/NC(=O)CSCc3cccc(Br)c3)c2C)cc1. The fourth-order valence-electron chi connectivity index (χ4n) is 3.10. The van der Waals surface area contributed by atoms with Crippen LogP contribution < -0.4 is 5.43 Å². The van der Waals surface area contributed by atoms with Gasteiger partial charge < -0.3 is 4.57 Å². The monoisotopic (exact) mass is 469 g/mol. The van der Waals surface area contributed by atoms with Crippen LogP contribution in [0.1, 0.15) is 28.1 Å². The van der Waals surface area contributed by atoms with Gasteiger partial charge in [0.25, 0.3) is 0 Å². The minimum Gasteiger partial charge on any atom is -0.318 e. The molecular weight excluding hydrogens is 446 g/mol. The van der Waals surface area contributed by atoms with Crippen molar-refractivity contribution >= 4 is 39.8 Å². The van der Waals surface area contributed by atoms with Crippen LogP contribution in [0, 0.1) is 20.8 Å². The lowest BCUT2D eigenvalue weighted by molar-refractivity contribution is -0.118. The highest BCUT2D eigenvalue weighted by Gasteiger charge is 2.09. The molecule has 0 radical (unpaired) electrons. The average Bonchev–Trinajstić information content (AvgIpc) is 2.96. The van der Waals surface area contributed by atoms with Crippen LogP contribution in [0.5, 0.6) is 0 Å². The van der Waals surface area contributed by atoms with E-state index in [1.165, 1.54) is 11.1 Å². The molecule has 150 valence electrons. The first-order valence-electron chi connectivity index (χ1n) is 9.34. The van der Waals surface area contributed by atoms with E-state index in [0.29, 0.717) is 5.75 Å². The van der Waals surface area contributed by atoms with E-state index in [9.17, 15) is 4.79 Å². The van der Waals surface area contributed by atoms with Crippen molar-refractivity contribution < 1.29 is 4.79 Å². The van der Waals surface area contributed by atoms with Gasteiger partial charge in [-0.2, -0.15) is 5.10 Å². The van der Waals surface area contributed by atoms with Gasteiger partial charge >= 0.3 is 0 Å². The number of rotatable bonds is 7. The number of benzene rings is 2. The van der Waals surface area contributed by atoms with E-state index < -0.39 is 0 Å². The van der Waals surface area contributed by atoms with E-state index in [1.54, 1.807) is 18.0 Å². The van der Waals surface area contributed by atoms with Crippen molar-refractivity contribution in [2.75, 3.05) is 5.75 Å². The van der Waals surface area contributed by atoms with Crippen LogP contribution in [-0.4, -0.2) is 22.4 Å². The maximum Gasteiger partial charge on any atom is 0.250 e. The van der Waals surface area contributed by atoms with Crippen LogP contribution in [0.2, 0.25) is 0 Å². The van der Waals surface area contributed by atoms with Gasteiger partial charge in [-0.1, -0.05) is 45.8 Å². The molecule has 3 aromatic rings. The molecule has 0 fully saturated rings. The zero-order valence-electron chi connectivity index (χ0n) is 16.8. The molecule has 1 heterocycles. The molecule has 29 heavy (non-hydrogen) atoms. The standard InChI is InChI=1S/C23H24BrN3OS/c1-16-7-9-22(10-8-16)27-17(2)11-20(18(27)3)13-25-26-23(28)15-29-14-19-5-4-6-21(24)12-19/h4-13H,14-15H2,1-3H3,(H,26,28)/b25-13+. The molecule has 0 saturated carbocycles. The maximum atomic E-state index is 12.0. The third kappa shape index (κ3) is 5.84. The fourth-order valence-corrected chi connectivity index (χ4v) is 4.32. The van der Waals surface area contributed by atoms with Crippen LogP contribution in [0.3, 0.4) is 0 Å². The second-order valence-electron chi connectivity index (χ2n) is 6.91. The lowest BCUT2D eigenvalue weighted by Gasteiger charge is -2.09. The third-order valence-electron chi connectivity index (χ3n) is 4.55. The molecule has 0 unspecified atom stereocenters. The van der Waals surface area contributed by atoms with Crippen LogP contribution in [-0.2, 0) is 10.5 Å². The number of halogens is 1. The number of aromatic nitrogens is 1. The third-order valence-corrected chi connectivity index (χ3v) is 6.04. The zero-order valence-corrected chi connectivity index (χ0v) is 19.2. The maximum absolute atomic E-state index is 12.0. The first kappa shape index (κ1) is 21.4. The van der Waals surface area contributed by atoms with Crippen molar-refractivity contribution in [3.8, 4) is 5.69 Å². The molecule has 0 aliphatic carbocycles. The molecule has 4 nitrogen and oxygen atoms in total. The molecule has 2 aromatic carbocycles. The molecule has 6 heteroatoms. The van der Waals surface area contributed by atoms with Crippen LogP contribution in [0.25, 0.3) is 5.69 Å². The van der Waals surface area contributed by atoms with Gasteiger partial charge in [-0.05, 0) is 56.7 Å². The molecule has 1 N–H and O–H groups in total. The minimum absolute atomic E-state index is 0.103. The topological polar surface area (TPSA) is 46.4 Å². The van der Waals surface area contributed by atoms with Crippen molar-refractivity contribution in [3.05, 3.63) is 87.1 Å². The molecule has 0 aliphatic rings. The molecule has 0 aliphatic heterocycles. The summed E-state index contributed by atoms with van der Waals surface area (Å²) in [6, 6.07) is 18.6. The molecule has 0 atom stereocenters. The molecule has 0 saturated heterocycles. The van der Waals surface area contributed by atoms with Gasteiger partial charge in [0.2, 0.25) is 5.91 Å². The number of hydrogen-bond donors (Lipinski definition) is 1. The highest BCUT2D eigenvalue weighted by molar-refractivity contribution is 9.10. The predicted octanol–water partition coefficient (Wildman–Crippen LogP) is 5.55.